The molecule has 0 radical (unpaired) electrons. The van der Waals surface area contributed by atoms with Crippen LogP contribution in [0.4, 0.5) is 0 Å². The lowest BCUT2D eigenvalue weighted by atomic mass is 10.1. The van der Waals surface area contributed by atoms with Gasteiger partial charge in [0.2, 0.25) is 0 Å². The van der Waals surface area contributed by atoms with Crippen molar-refractivity contribution in [3.63, 3.8) is 0 Å². The molecule has 0 aliphatic carbocycles. The maximum atomic E-state index is 13.6. The lowest BCUT2D eigenvalue weighted by Crippen LogP contribution is -2.38. The van der Waals surface area contributed by atoms with Gasteiger partial charge in [0.1, 0.15) is 4.70 Å². The first-order chi connectivity index (χ1) is 15.6. The molecule has 0 saturated carbocycles. The smallest absolute Gasteiger partial charge is 0.291 e. The second-order valence-corrected chi connectivity index (χ2v) is 8.63. The normalized spacial score (nSPS) is 11.1. The molecular formula is C24H15ClN4O2S. The van der Waals surface area contributed by atoms with E-state index in [1.807, 2.05) is 42.5 Å². The Labute approximate surface area is 191 Å². The number of pyridine rings is 1. The molecule has 0 saturated heterocycles. The number of nitriles is 1. The molecule has 0 atom stereocenters. The van der Waals surface area contributed by atoms with Crippen molar-refractivity contribution in [1.29, 1.82) is 5.26 Å². The summed E-state index contributed by atoms with van der Waals surface area (Å²) in [5.74, 6) is 0. The predicted octanol–water partition coefficient (Wildman–Crippen LogP) is 5.00. The van der Waals surface area contributed by atoms with E-state index in [4.69, 9.17) is 16.9 Å². The molecular weight excluding hydrogens is 444 g/mol. The van der Waals surface area contributed by atoms with Crippen molar-refractivity contribution < 1.29 is 0 Å². The maximum absolute atomic E-state index is 13.6. The molecule has 0 N–H and O–H groups in total. The van der Waals surface area contributed by atoms with Gasteiger partial charge in [-0.15, -0.1) is 11.3 Å². The highest BCUT2D eigenvalue weighted by atomic mass is 35.5. The Hall–Kier alpha value is -3.73. The average Bonchev–Trinajstić information content (AvgIpc) is 3.25. The number of aryl methyl sites for hydroxylation is 1. The second-order valence-electron chi connectivity index (χ2n) is 7.17. The molecule has 3 aromatic heterocycles. The summed E-state index contributed by atoms with van der Waals surface area (Å²) >= 11 is 7.66. The van der Waals surface area contributed by atoms with Crippen LogP contribution in [0.3, 0.4) is 0 Å². The topological polar surface area (TPSA) is 80.7 Å². The van der Waals surface area contributed by atoms with Gasteiger partial charge >= 0.3 is 5.69 Å². The molecule has 32 heavy (non-hydrogen) atoms. The monoisotopic (exact) mass is 458 g/mol. The average molecular weight is 459 g/mol. The minimum atomic E-state index is -0.501. The fraction of sp³-hybridized carbons (Fsp3) is 0.0833. The molecule has 0 fully saturated rings. The molecule has 5 rings (SSSR count). The molecule has 0 aliphatic rings. The Morgan fingerprint density at radius 3 is 2.66 bits per heavy atom. The highest BCUT2D eigenvalue weighted by Crippen LogP contribution is 2.35. The Balaban J connectivity index is 1.87. The van der Waals surface area contributed by atoms with Crippen LogP contribution in [-0.4, -0.2) is 14.1 Å². The summed E-state index contributed by atoms with van der Waals surface area (Å²) in [6.45, 7) is 0.170. The number of halogens is 1. The molecule has 8 heteroatoms. The number of aromatic nitrogens is 3. The van der Waals surface area contributed by atoms with E-state index >= 15 is 0 Å². The number of hydrogen-bond donors (Lipinski definition) is 0. The van der Waals surface area contributed by atoms with E-state index in [-0.39, 0.29) is 13.0 Å². The molecule has 0 spiro atoms. The van der Waals surface area contributed by atoms with Crippen molar-refractivity contribution in [1.82, 2.24) is 14.1 Å². The predicted molar refractivity (Wildman–Crippen MR) is 128 cm³/mol. The molecule has 6 nitrogen and oxygen atoms in total. The van der Waals surface area contributed by atoms with Crippen LogP contribution in [0.15, 0.2) is 76.6 Å². The van der Waals surface area contributed by atoms with E-state index < -0.39 is 11.2 Å². The quantitative estimate of drug-likeness (QED) is 0.379. The van der Waals surface area contributed by atoms with E-state index in [1.165, 1.54) is 22.1 Å². The van der Waals surface area contributed by atoms with E-state index in [2.05, 4.69) is 11.1 Å². The lowest BCUT2D eigenvalue weighted by molar-refractivity contribution is 0.663. The van der Waals surface area contributed by atoms with E-state index in [9.17, 15) is 9.59 Å². The summed E-state index contributed by atoms with van der Waals surface area (Å²) in [7, 11) is 0. The summed E-state index contributed by atoms with van der Waals surface area (Å²) < 4.78 is 3.06. The van der Waals surface area contributed by atoms with Gasteiger partial charge in [0.05, 0.1) is 29.9 Å². The molecule has 156 valence electrons. The number of hydrogen-bond acceptors (Lipinski definition) is 5. The van der Waals surface area contributed by atoms with Gasteiger partial charge in [0, 0.05) is 39.0 Å². The van der Waals surface area contributed by atoms with Crippen LogP contribution < -0.4 is 11.2 Å². The van der Waals surface area contributed by atoms with Crippen LogP contribution in [-0.2, 0) is 6.54 Å². The standard InChI is InChI=1S/C24H15ClN4O2S/c25-18-9-4-3-8-17(18)21-12-19-22(32-21)23(30)29(24(31)28(19)11-5-10-26)20-14-27-13-15-6-1-2-7-16(15)20/h1-4,6-9,12-14H,5,11H2. The van der Waals surface area contributed by atoms with Crippen molar-refractivity contribution in [2.24, 2.45) is 0 Å². The highest BCUT2D eigenvalue weighted by Gasteiger charge is 2.20. The third-order valence-corrected chi connectivity index (χ3v) is 6.77. The summed E-state index contributed by atoms with van der Waals surface area (Å²) in [6, 6.07) is 18.7. The van der Waals surface area contributed by atoms with E-state index in [0.717, 1.165) is 25.8 Å². The Bertz CT molecular complexity index is 1650. The summed E-state index contributed by atoms with van der Waals surface area (Å²) in [4.78, 5) is 32.1. The summed E-state index contributed by atoms with van der Waals surface area (Å²) in [6.07, 6.45) is 3.35. The van der Waals surface area contributed by atoms with Crippen LogP contribution in [0.1, 0.15) is 6.42 Å². The van der Waals surface area contributed by atoms with Gasteiger partial charge in [-0.25, -0.2) is 9.36 Å². The zero-order valence-electron chi connectivity index (χ0n) is 16.7. The molecule has 2 aromatic carbocycles. The maximum Gasteiger partial charge on any atom is 0.336 e. The molecule has 0 unspecified atom stereocenters. The van der Waals surface area contributed by atoms with Gasteiger partial charge in [0.15, 0.2) is 0 Å². The Kier molecular flexibility index (Phi) is 5.10. The van der Waals surface area contributed by atoms with Crippen LogP contribution in [0.5, 0.6) is 0 Å². The SMILES string of the molecule is N#CCCn1c(=O)n(-c2cncc3ccccc23)c(=O)c2sc(-c3ccccc3Cl)cc21. The summed E-state index contributed by atoms with van der Waals surface area (Å²) in [5.41, 5.74) is 0.782. The van der Waals surface area contributed by atoms with Crippen LogP contribution in [0.25, 0.3) is 37.1 Å². The van der Waals surface area contributed by atoms with Crippen molar-refractivity contribution in [3.05, 3.63) is 92.9 Å². The van der Waals surface area contributed by atoms with Crippen molar-refractivity contribution in [3.8, 4) is 22.2 Å². The number of thiophene rings is 1. The number of nitrogens with zero attached hydrogens (tertiary/aromatic N) is 4. The highest BCUT2D eigenvalue weighted by molar-refractivity contribution is 7.22. The van der Waals surface area contributed by atoms with Gasteiger partial charge in [-0.05, 0) is 12.1 Å². The van der Waals surface area contributed by atoms with E-state index in [0.29, 0.717) is 20.9 Å². The number of fused-ring (bicyclic) bond motifs is 2. The van der Waals surface area contributed by atoms with Gasteiger partial charge in [-0.1, -0.05) is 54.1 Å². The van der Waals surface area contributed by atoms with Crippen LogP contribution in [0.2, 0.25) is 5.02 Å². The minimum absolute atomic E-state index is 0.137. The van der Waals surface area contributed by atoms with Gasteiger partial charge in [0.25, 0.3) is 5.56 Å². The van der Waals surface area contributed by atoms with Gasteiger partial charge in [-0.3, -0.25) is 14.3 Å². The molecule has 0 aliphatic heterocycles. The fourth-order valence-corrected chi connectivity index (χ4v) is 5.23. The van der Waals surface area contributed by atoms with Crippen molar-refractivity contribution in [2.75, 3.05) is 0 Å². The zero-order chi connectivity index (χ0) is 22.2. The Morgan fingerprint density at radius 1 is 1.06 bits per heavy atom. The van der Waals surface area contributed by atoms with Crippen LogP contribution in [0, 0.1) is 11.3 Å². The van der Waals surface area contributed by atoms with E-state index in [1.54, 1.807) is 18.3 Å². The first-order valence-corrected chi connectivity index (χ1v) is 11.0. The number of rotatable bonds is 4. The molecule has 5 aromatic rings. The van der Waals surface area contributed by atoms with Crippen molar-refractivity contribution in [2.45, 2.75) is 13.0 Å². The van der Waals surface area contributed by atoms with Gasteiger partial charge in [-0.2, -0.15) is 5.26 Å². The third kappa shape index (κ3) is 3.21. The van der Waals surface area contributed by atoms with Gasteiger partial charge < -0.3 is 0 Å². The lowest BCUT2D eigenvalue weighted by Gasteiger charge is -2.12. The fourth-order valence-electron chi connectivity index (χ4n) is 3.81. The Morgan fingerprint density at radius 2 is 1.84 bits per heavy atom. The first-order valence-electron chi connectivity index (χ1n) is 9.84. The first kappa shape index (κ1) is 20.2. The second kappa shape index (κ2) is 8.08. The summed E-state index contributed by atoms with van der Waals surface area (Å²) in [5, 5.41) is 11.3. The molecule has 3 heterocycles. The minimum Gasteiger partial charge on any atom is -0.291 e. The van der Waals surface area contributed by atoms with Crippen LogP contribution >= 0.6 is 22.9 Å². The number of benzene rings is 2. The molecule has 0 amide bonds. The zero-order valence-corrected chi connectivity index (χ0v) is 18.2. The molecule has 0 bridgehead atoms. The largest absolute Gasteiger partial charge is 0.336 e. The third-order valence-electron chi connectivity index (χ3n) is 5.30. The van der Waals surface area contributed by atoms with Crippen molar-refractivity contribution >= 4 is 43.9 Å².